The Labute approximate surface area is 97.6 Å². The maximum Gasteiger partial charge on any atom is 0.220 e. The van der Waals surface area contributed by atoms with Crippen molar-refractivity contribution in [1.82, 2.24) is 5.32 Å². The van der Waals surface area contributed by atoms with E-state index in [-0.39, 0.29) is 11.9 Å². The van der Waals surface area contributed by atoms with Crippen LogP contribution in [-0.4, -0.2) is 30.0 Å². The molecule has 2 atom stereocenters. The van der Waals surface area contributed by atoms with E-state index in [0.717, 1.165) is 17.9 Å². The van der Waals surface area contributed by atoms with E-state index < -0.39 is 0 Å². The first-order valence-corrected chi connectivity index (χ1v) is 6.86. The normalized spacial score (nSPS) is 14.7. The van der Waals surface area contributed by atoms with Gasteiger partial charge in [-0.05, 0) is 25.1 Å². The summed E-state index contributed by atoms with van der Waals surface area (Å²) in [6.07, 6.45) is 1.54. The number of amides is 1. The summed E-state index contributed by atoms with van der Waals surface area (Å²) >= 11 is 1.85. The van der Waals surface area contributed by atoms with Crippen LogP contribution in [0.5, 0.6) is 0 Å². The van der Waals surface area contributed by atoms with Crippen LogP contribution in [0.4, 0.5) is 0 Å². The molecule has 90 valence electrons. The predicted molar refractivity (Wildman–Crippen MR) is 68.1 cm³/mol. The zero-order valence-corrected chi connectivity index (χ0v) is 10.9. The van der Waals surface area contributed by atoms with Gasteiger partial charge in [-0.15, -0.1) is 0 Å². The minimum Gasteiger partial charge on any atom is -0.353 e. The monoisotopic (exact) mass is 232 g/mol. The zero-order valence-electron chi connectivity index (χ0n) is 10.1. The van der Waals surface area contributed by atoms with Crippen LogP contribution < -0.4 is 11.1 Å². The van der Waals surface area contributed by atoms with Crippen molar-refractivity contribution in [2.45, 2.75) is 39.7 Å². The van der Waals surface area contributed by atoms with Crippen LogP contribution >= 0.6 is 11.8 Å². The van der Waals surface area contributed by atoms with Crippen molar-refractivity contribution in [3.05, 3.63) is 0 Å². The topological polar surface area (TPSA) is 55.1 Å². The molecule has 0 saturated carbocycles. The molecule has 0 aliphatic heterocycles. The molecule has 4 heteroatoms. The molecule has 3 nitrogen and oxygen atoms in total. The number of hydrogen-bond acceptors (Lipinski definition) is 3. The maximum absolute atomic E-state index is 11.6. The smallest absolute Gasteiger partial charge is 0.220 e. The molecule has 0 saturated heterocycles. The summed E-state index contributed by atoms with van der Waals surface area (Å²) in [5.41, 5.74) is 5.56. The minimum atomic E-state index is 0.136. The SMILES string of the molecule is CCSCC(C)NC(=O)CC(CC)CN. The third kappa shape index (κ3) is 7.68. The van der Waals surface area contributed by atoms with Gasteiger partial charge < -0.3 is 11.1 Å². The van der Waals surface area contributed by atoms with Crippen LogP contribution in [-0.2, 0) is 4.79 Å². The number of hydrogen-bond donors (Lipinski definition) is 2. The number of rotatable bonds is 8. The summed E-state index contributed by atoms with van der Waals surface area (Å²) in [4.78, 5) is 11.6. The molecule has 3 N–H and O–H groups in total. The van der Waals surface area contributed by atoms with Gasteiger partial charge >= 0.3 is 0 Å². The van der Waals surface area contributed by atoms with E-state index in [1.165, 1.54) is 0 Å². The standard InChI is InChI=1S/C11H24N2OS/c1-4-10(7-12)6-11(14)13-9(3)8-15-5-2/h9-10H,4-8,12H2,1-3H3,(H,13,14). The number of carbonyl (C=O) groups excluding carboxylic acids is 1. The van der Waals surface area contributed by atoms with E-state index in [1.54, 1.807) is 0 Å². The lowest BCUT2D eigenvalue weighted by Crippen LogP contribution is -2.36. The Morgan fingerprint density at radius 2 is 2.13 bits per heavy atom. The Morgan fingerprint density at radius 3 is 2.60 bits per heavy atom. The minimum absolute atomic E-state index is 0.136. The fourth-order valence-corrected chi connectivity index (χ4v) is 2.00. The van der Waals surface area contributed by atoms with Crippen molar-refractivity contribution < 1.29 is 4.79 Å². The second kappa shape index (κ2) is 9.04. The summed E-state index contributed by atoms with van der Waals surface area (Å²) in [6, 6.07) is 0.262. The summed E-state index contributed by atoms with van der Waals surface area (Å²) in [6.45, 7) is 6.84. The van der Waals surface area contributed by atoms with Crippen molar-refractivity contribution in [2.75, 3.05) is 18.1 Å². The molecule has 0 bridgehead atoms. The molecule has 0 aromatic carbocycles. The molecular formula is C11H24N2OS. The third-order valence-electron chi connectivity index (χ3n) is 2.36. The van der Waals surface area contributed by atoms with Gasteiger partial charge in [0.25, 0.3) is 0 Å². The highest BCUT2D eigenvalue weighted by Gasteiger charge is 2.12. The van der Waals surface area contributed by atoms with Crippen LogP contribution in [0.3, 0.4) is 0 Å². The fourth-order valence-electron chi connectivity index (χ4n) is 1.33. The van der Waals surface area contributed by atoms with Gasteiger partial charge in [0.2, 0.25) is 5.91 Å². The summed E-state index contributed by atoms with van der Waals surface area (Å²) < 4.78 is 0. The van der Waals surface area contributed by atoms with Crippen molar-refractivity contribution >= 4 is 17.7 Å². The summed E-state index contributed by atoms with van der Waals surface area (Å²) in [5, 5.41) is 3.00. The highest BCUT2D eigenvalue weighted by Crippen LogP contribution is 2.07. The Bertz CT molecular complexity index is 172. The van der Waals surface area contributed by atoms with Gasteiger partial charge in [0, 0.05) is 18.2 Å². The van der Waals surface area contributed by atoms with Crippen molar-refractivity contribution in [2.24, 2.45) is 11.7 Å². The lowest BCUT2D eigenvalue weighted by atomic mass is 10.0. The van der Waals surface area contributed by atoms with Gasteiger partial charge in [0.05, 0.1) is 0 Å². The van der Waals surface area contributed by atoms with Crippen LogP contribution in [0, 0.1) is 5.92 Å². The largest absolute Gasteiger partial charge is 0.353 e. The van der Waals surface area contributed by atoms with Gasteiger partial charge in [-0.2, -0.15) is 11.8 Å². The van der Waals surface area contributed by atoms with Crippen LogP contribution in [0.1, 0.15) is 33.6 Å². The Kier molecular flexibility index (Phi) is 8.91. The van der Waals surface area contributed by atoms with Crippen LogP contribution in [0.15, 0.2) is 0 Å². The number of carbonyl (C=O) groups is 1. The average molecular weight is 232 g/mol. The highest BCUT2D eigenvalue weighted by molar-refractivity contribution is 7.99. The van der Waals surface area contributed by atoms with Crippen molar-refractivity contribution in [1.29, 1.82) is 0 Å². The highest BCUT2D eigenvalue weighted by atomic mass is 32.2. The van der Waals surface area contributed by atoms with Crippen LogP contribution in [0.2, 0.25) is 0 Å². The van der Waals surface area contributed by atoms with E-state index in [9.17, 15) is 4.79 Å². The summed E-state index contributed by atoms with van der Waals surface area (Å²) in [5.74, 6) is 2.55. The van der Waals surface area contributed by atoms with Crippen molar-refractivity contribution in [3.63, 3.8) is 0 Å². The number of nitrogens with two attached hydrogens (primary N) is 1. The van der Waals surface area contributed by atoms with Gasteiger partial charge in [-0.25, -0.2) is 0 Å². The Morgan fingerprint density at radius 1 is 1.47 bits per heavy atom. The molecule has 0 spiro atoms. The van der Waals surface area contributed by atoms with Crippen molar-refractivity contribution in [3.8, 4) is 0 Å². The molecule has 0 aliphatic carbocycles. The number of thioether (sulfide) groups is 1. The van der Waals surface area contributed by atoms with E-state index in [4.69, 9.17) is 5.73 Å². The predicted octanol–water partition coefficient (Wildman–Crippen LogP) is 1.62. The quantitative estimate of drug-likeness (QED) is 0.668. The van der Waals surface area contributed by atoms with Gasteiger partial charge in [-0.3, -0.25) is 4.79 Å². The molecular weight excluding hydrogens is 208 g/mol. The Hall–Kier alpha value is -0.220. The molecule has 0 rings (SSSR count). The molecule has 0 radical (unpaired) electrons. The van der Waals surface area contributed by atoms with E-state index >= 15 is 0 Å². The number of nitrogens with one attached hydrogen (secondary N) is 1. The lowest BCUT2D eigenvalue weighted by molar-refractivity contribution is -0.122. The van der Waals surface area contributed by atoms with Gasteiger partial charge in [0.1, 0.15) is 0 Å². The molecule has 0 aromatic rings. The average Bonchev–Trinajstić information content (AvgIpc) is 2.22. The third-order valence-corrected chi connectivity index (χ3v) is 3.51. The molecule has 0 heterocycles. The first-order valence-electron chi connectivity index (χ1n) is 5.71. The van der Waals surface area contributed by atoms with Gasteiger partial charge in [0.15, 0.2) is 0 Å². The molecule has 0 aliphatic rings. The Balaban J connectivity index is 3.71. The second-order valence-corrected chi connectivity index (χ2v) is 5.16. The maximum atomic E-state index is 11.6. The first kappa shape index (κ1) is 14.8. The first-order chi connectivity index (χ1) is 7.13. The molecule has 0 aromatic heterocycles. The molecule has 2 unspecified atom stereocenters. The molecule has 0 fully saturated rings. The molecule has 15 heavy (non-hydrogen) atoms. The zero-order chi connectivity index (χ0) is 11.7. The van der Waals surface area contributed by atoms with Crippen LogP contribution in [0.25, 0.3) is 0 Å². The lowest BCUT2D eigenvalue weighted by Gasteiger charge is -2.16. The van der Waals surface area contributed by atoms with E-state index in [2.05, 4.69) is 19.2 Å². The molecule has 1 amide bonds. The van der Waals surface area contributed by atoms with E-state index in [1.807, 2.05) is 18.7 Å². The van der Waals surface area contributed by atoms with E-state index in [0.29, 0.717) is 18.9 Å². The summed E-state index contributed by atoms with van der Waals surface area (Å²) in [7, 11) is 0. The second-order valence-electron chi connectivity index (χ2n) is 3.84. The fraction of sp³-hybridized carbons (Fsp3) is 0.909. The van der Waals surface area contributed by atoms with Gasteiger partial charge in [-0.1, -0.05) is 20.3 Å².